The van der Waals surface area contributed by atoms with E-state index in [0.29, 0.717) is 29.4 Å². The van der Waals surface area contributed by atoms with Crippen molar-refractivity contribution >= 4 is 46.5 Å². The predicted octanol–water partition coefficient (Wildman–Crippen LogP) is 3.55. The Hall–Kier alpha value is -3.10. The molecule has 1 aliphatic heterocycles. The van der Waals surface area contributed by atoms with Crippen molar-refractivity contribution in [1.82, 2.24) is 10.2 Å². The van der Waals surface area contributed by atoms with Gasteiger partial charge in [0.2, 0.25) is 11.8 Å². The number of urea groups is 1. The first-order valence-electron chi connectivity index (χ1n) is 10.6. The van der Waals surface area contributed by atoms with Crippen molar-refractivity contribution in [3.63, 3.8) is 0 Å². The highest BCUT2D eigenvalue weighted by Crippen LogP contribution is 2.23. The van der Waals surface area contributed by atoms with Crippen LogP contribution in [-0.2, 0) is 9.59 Å². The van der Waals surface area contributed by atoms with E-state index in [4.69, 9.17) is 11.6 Å². The zero-order valence-corrected chi connectivity index (χ0v) is 19.0. The maximum absolute atomic E-state index is 12.8. The lowest BCUT2D eigenvalue weighted by atomic mass is 10.2. The number of likely N-dealkylation sites (N-methyl/N-ethyl adjacent to an activating group) is 2. The van der Waals surface area contributed by atoms with Crippen molar-refractivity contribution in [2.75, 3.05) is 42.2 Å². The molecular weight excluding hydrogens is 430 g/mol. The maximum atomic E-state index is 12.8. The van der Waals surface area contributed by atoms with Crippen LogP contribution in [0.4, 0.5) is 21.9 Å². The van der Waals surface area contributed by atoms with Crippen LogP contribution in [-0.4, -0.2) is 55.5 Å². The molecule has 1 heterocycles. The predicted molar refractivity (Wildman–Crippen MR) is 127 cm³/mol. The third-order valence-corrected chi connectivity index (χ3v) is 5.59. The zero-order valence-electron chi connectivity index (χ0n) is 18.2. The Bertz CT molecular complexity index is 949. The van der Waals surface area contributed by atoms with Gasteiger partial charge in [-0.2, -0.15) is 0 Å². The summed E-state index contributed by atoms with van der Waals surface area (Å²) in [4.78, 5) is 40.8. The zero-order chi connectivity index (χ0) is 23.1. The SMILES string of the molecule is CCNCC(=O)N(C)c1ccc(NC(=O)[C@H]2CCCN2C(=O)Nc2ccc(Cl)cc2)cc1. The number of carbonyl (C=O) groups is 3. The summed E-state index contributed by atoms with van der Waals surface area (Å²) in [6.45, 7) is 3.44. The summed E-state index contributed by atoms with van der Waals surface area (Å²) in [5, 5.41) is 9.28. The van der Waals surface area contributed by atoms with Crippen molar-refractivity contribution in [2.24, 2.45) is 0 Å². The van der Waals surface area contributed by atoms with Crippen LogP contribution in [0.2, 0.25) is 5.02 Å². The highest BCUT2D eigenvalue weighted by molar-refractivity contribution is 6.30. The smallest absolute Gasteiger partial charge is 0.322 e. The number of hydrogen-bond acceptors (Lipinski definition) is 4. The number of anilines is 3. The topological polar surface area (TPSA) is 93.8 Å². The summed E-state index contributed by atoms with van der Waals surface area (Å²) in [5.41, 5.74) is 1.96. The van der Waals surface area contributed by atoms with E-state index in [0.717, 1.165) is 18.7 Å². The van der Waals surface area contributed by atoms with E-state index in [-0.39, 0.29) is 24.4 Å². The lowest BCUT2D eigenvalue weighted by Gasteiger charge is -2.24. The largest absolute Gasteiger partial charge is 0.324 e. The molecular formula is C23H28ClN5O3. The van der Waals surface area contributed by atoms with Crippen molar-refractivity contribution in [2.45, 2.75) is 25.8 Å². The fourth-order valence-corrected chi connectivity index (χ4v) is 3.63. The van der Waals surface area contributed by atoms with E-state index in [1.807, 2.05) is 6.92 Å². The standard InChI is InChI=1S/C23H28ClN5O3/c1-3-25-15-21(30)28(2)19-12-10-17(11-13-19)26-22(31)20-5-4-14-29(20)23(32)27-18-8-6-16(24)7-9-18/h6-13,20,25H,3-5,14-15H2,1-2H3,(H,26,31)(H,27,32)/t20-/m1/s1. The van der Waals surface area contributed by atoms with E-state index >= 15 is 0 Å². The molecule has 8 nitrogen and oxygen atoms in total. The normalized spacial score (nSPS) is 15.3. The first kappa shape index (κ1) is 23.6. The van der Waals surface area contributed by atoms with Crippen molar-refractivity contribution < 1.29 is 14.4 Å². The van der Waals surface area contributed by atoms with Gasteiger partial charge in [-0.25, -0.2) is 4.79 Å². The van der Waals surface area contributed by atoms with E-state index in [1.165, 1.54) is 0 Å². The molecule has 2 aromatic rings. The third-order valence-electron chi connectivity index (χ3n) is 5.33. The average Bonchev–Trinajstić information content (AvgIpc) is 3.29. The molecule has 2 aromatic carbocycles. The van der Waals surface area contributed by atoms with Crippen LogP contribution in [0, 0.1) is 0 Å². The number of rotatable bonds is 7. The highest BCUT2D eigenvalue weighted by atomic mass is 35.5. The summed E-state index contributed by atoms with van der Waals surface area (Å²) < 4.78 is 0. The third kappa shape index (κ3) is 5.99. The van der Waals surface area contributed by atoms with Gasteiger partial charge in [0.1, 0.15) is 6.04 Å². The van der Waals surface area contributed by atoms with Crippen molar-refractivity contribution in [3.8, 4) is 0 Å². The molecule has 0 aromatic heterocycles. The summed E-state index contributed by atoms with van der Waals surface area (Å²) >= 11 is 5.88. The van der Waals surface area contributed by atoms with Crippen LogP contribution in [0.3, 0.4) is 0 Å². The summed E-state index contributed by atoms with van der Waals surface area (Å²) in [7, 11) is 1.71. The van der Waals surface area contributed by atoms with E-state index < -0.39 is 6.04 Å². The van der Waals surface area contributed by atoms with Crippen LogP contribution in [0.25, 0.3) is 0 Å². The fourth-order valence-electron chi connectivity index (χ4n) is 3.50. The molecule has 0 radical (unpaired) electrons. The van der Waals surface area contributed by atoms with E-state index in [1.54, 1.807) is 65.4 Å². The van der Waals surface area contributed by atoms with Crippen molar-refractivity contribution in [1.29, 1.82) is 0 Å². The number of nitrogens with one attached hydrogen (secondary N) is 3. The lowest BCUT2D eigenvalue weighted by molar-refractivity contribution is -0.119. The monoisotopic (exact) mass is 457 g/mol. The van der Waals surface area contributed by atoms with Crippen molar-refractivity contribution in [3.05, 3.63) is 53.6 Å². The number of benzene rings is 2. The van der Waals surface area contributed by atoms with Crippen LogP contribution in [0.1, 0.15) is 19.8 Å². The van der Waals surface area contributed by atoms with Gasteiger partial charge in [0.15, 0.2) is 0 Å². The Kier molecular flexibility index (Phi) is 8.08. The number of carbonyl (C=O) groups excluding carboxylic acids is 3. The molecule has 1 atom stereocenters. The number of halogens is 1. The molecule has 0 aliphatic carbocycles. The minimum Gasteiger partial charge on any atom is -0.324 e. The van der Waals surface area contributed by atoms with Gasteiger partial charge in [0, 0.05) is 35.7 Å². The molecule has 0 spiro atoms. The number of likely N-dealkylation sites (tertiary alicyclic amines) is 1. The summed E-state index contributed by atoms with van der Waals surface area (Å²) in [6.07, 6.45) is 1.35. The molecule has 1 fully saturated rings. The molecule has 3 N–H and O–H groups in total. The van der Waals surface area contributed by atoms with Gasteiger partial charge in [-0.1, -0.05) is 18.5 Å². The molecule has 1 saturated heterocycles. The van der Waals surface area contributed by atoms with Gasteiger partial charge < -0.3 is 25.8 Å². The molecule has 32 heavy (non-hydrogen) atoms. The minimum atomic E-state index is -0.550. The second kappa shape index (κ2) is 11.0. The summed E-state index contributed by atoms with van der Waals surface area (Å²) in [5.74, 6) is -0.282. The van der Waals surface area contributed by atoms with Gasteiger partial charge >= 0.3 is 6.03 Å². The second-order valence-corrected chi connectivity index (χ2v) is 7.99. The van der Waals surface area contributed by atoms with E-state index in [9.17, 15) is 14.4 Å². The molecule has 1 aliphatic rings. The Morgan fingerprint density at radius 2 is 1.66 bits per heavy atom. The average molecular weight is 458 g/mol. The molecule has 0 bridgehead atoms. The lowest BCUT2D eigenvalue weighted by Crippen LogP contribution is -2.45. The first-order chi connectivity index (χ1) is 15.4. The summed E-state index contributed by atoms with van der Waals surface area (Å²) in [6, 6.07) is 13.0. The fraction of sp³-hybridized carbons (Fsp3) is 0.348. The van der Waals surface area contributed by atoms with Crippen LogP contribution in [0.15, 0.2) is 48.5 Å². The van der Waals surface area contributed by atoms with Crippen LogP contribution >= 0.6 is 11.6 Å². The quantitative estimate of drug-likeness (QED) is 0.592. The molecule has 0 unspecified atom stereocenters. The molecule has 170 valence electrons. The number of hydrogen-bond donors (Lipinski definition) is 3. The number of amides is 4. The van der Waals surface area contributed by atoms with Crippen LogP contribution < -0.4 is 20.9 Å². The Morgan fingerprint density at radius 1 is 1.03 bits per heavy atom. The molecule has 0 saturated carbocycles. The van der Waals surface area contributed by atoms with Gasteiger partial charge in [-0.3, -0.25) is 9.59 Å². The molecule has 9 heteroatoms. The van der Waals surface area contributed by atoms with E-state index in [2.05, 4.69) is 16.0 Å². The van der Waals surface area contributed by atoms with Crippen LogP contribution in [0.5, 0.6) is 0 Å². The highest BCUT2D eigenvalue weighted by Gasteiger charge is 2.34. The number of nitrogens with zero attached hydrogens (tertiary/aromatic N) is 2. The van der Waals surface area contributed by atoms with Gasteiger partial charge in [-0.15, -0.1) is 0 Å². The molecule has 4 amide bonds. The van der Waals surface area contributed by atoms with Gasteiger partial charge in [0.25, 0.3) is 0 Å². The first-order valence-corrected chi connectivity index (χ1v) is 11.0. The molecule has 3 rings (SSSR count). The second-order valence-electron chi connectivity index (χ2n) is 7.56. The Labute approximate surface area is 192 Å². The Morgan fingerprint density at radius 3 is 2.31 bits per heavy atom. The maximum Gasteiger partial charge on any atom is 0.322 e. The minimum absolute atomic E-state index is 0.0445. The van der Waals surface area contributed by atoms with Gasteiger partial charge in [0.05, 0.1) is 6.54 Å². The Balaban J connectivity index is 1.58. The van der Waals surface area contributed by atoms with Gasteiger partial charge in [-0.05, 0) is 67.9 Å².